The van der Waals surface area contributed by atoms with Crippen molar-refractivity contribution < 1.29 is 0 Å². The number of hydrogen-bond acceptors (Lipinski definition) is 1. The Bertz CT molecular complexity index is 347. The van der Waals surface area contributed by atoms with Gasteiger partial charge in [-0.25, -0.2) is 0 Å². The molecule has 0 amide bonds. The van der Waals surface area contributed by atoms with E-state index in [1.807, 2.05) is 12.1 Å². The van der Waals surface area contributed by atoms with Crippen LogP contribution in [0.5, 0.6) is 0 Å². The second kappa shape index (κ2) is 8.60. The van der Waals surface area contributed by atoms with Crippen LogP contribution in [-0.2, 0) is 6.42 Å². The lowest BCUT2D eigenvalue weighted by atomic mass is 9.96. The molecule has 0 bridgehead atoms. The van der Waals surface area contributed by atoms with Crippen LogP contribution in [0.3, 0.4) is 0 Å². The number of hydrogen-bond donors (Lipinski definition) is 1. The minimum atomic E-state index is 0.509. The van der Waals surface area contributed by atoms with Crippen LogP contribution in [0, 0.1) is 5.92 Å². The highest BCUT2D eigenvalue weighted by atomic mass is 35.5. The Kier molecular flexibility index (Phi) is 7.48. The van der Waals surface area contributed by atoms with Crippen molar-refractivity contribution in [2.24, 2.45) is 5.92 Å². The van der Waals surface area contributed by atoms with E-state index in [9.17, 15) is 0 Å². The molecular weight excluding hydrogens is 254 g/mol. The molecule has 1 nitrogen and oxygen atoms in total. The first-order valence-electron chi connectivity index (χ1n) is 7.55. The fourth-order valence-electron chi connectivity index (χ4n) is 2.44. The highest BCUT2D eigenvalue weighted by Gasteiger charge is 2.13. The van der Waals surface area contributed by atoms with Crippen molar-refractivity contribution in [1.29, 1.82) is 0 Å². The van der Waals surface area contributed by atoms with Gasteiger partial charge in [-0.1, -0.05) is 50.9 Å². The van der Waals surface area contributed by atoms with Gasteiger partial charge in [0.05, 0.1) is 0 Å². The van der Waals surface area contributed by atoms with Crippen molar-refractivity contribution in [3.05, 3.63) is 34.9 Å². The van der Waals surface area contributed by atoms with Crippen LogP contribution in [0.4, 0.5) is 0 Å². The molecule has 0 saturated carbocycles. The van der Waals surface area contributed by atoms with Crippen molar-refractivity contribution >= 4 is 11.6 Å². The summed E-state index contributed by atoms with van der Waals surface area (Å²) in [4.78, 5) is 0. The normalized spacial score (nSPS) is 16.1. The number of rotatable bonds is 8. The summed E-state index contributed by atoms with van der Waals surface area (Å²) in [6, 6.07) is 9.33. The third-order valence-electron chi connectivity index (χ3n) is 3.85. The fraction of sp³-hybridized carbons (Fsp3) is 0.647. The van der Waals surface area contributed by atoms with Crippen LogP contribution in [0.2, 0.25) is 5.02 Å². The molecule has 1 aromatic rings. The van der Waals surface area contributed by atoms with Crippen LogP contribution in [0.1, 0.15) is 52.5 Å². The average Bonchev–Trinajstić information content (AvgIpc) is 2.40. The summed E-state index contributed by atoms with van der Waals surface area (Å²) in [6.07, 6.45) is 4.81. The van der Waals surface area contributed by atoms with Crippen molar-refractivity contribution in [3.63, 3.8) is 0 Å². The van der Waals surface area contributed by atoms with Gasteiger partial charge in [-0.05, 0) is 49.8 Å². The summed E-state index contributed by atoms with van der Waals surface area (Å²) in [5.41, 5.74) is 1.35. The van der Waals surface area contributed by atoms with Gasteiger partial charge in [0.1, 0.15) is 0 Å². The van der Waals surface area contributed by atoms with Gasteiger partial charge in [0.25, 0.3) is 0 Å². The maximum absolute atomic E-state index is 5.91. The lowest BCUT2D eigenvalue weighted by Crippen LogP contribution is -2.38. The quantitative estimate of drug-likeness (QED) is 0.701. The predicted molar refractivity (Wildman–Crippen MR) is 85.9 cm³/mol. The van der Waals surface area contributed by atoms with E-state index in [1.54, 1.807) is 0 Å². The van der Waals surface area contributed by atoms with Gasteiger partial charge in [0.2, 0.25) is 0 Å². The van der Waals surface area contributed by atoms with Gasteiger partial charge in [0, 0.05) is 17.1 Å². The molecule has 2 heteroatoms. The standard InChI is InChI=1S/C17H28ClN/c1-5-13(3)11-17(6-2)19-14(4)12-15-7-9-16(18)10-8-15/h7-10,13-14,17,19H,5-6,11-12H2,1-4H3. The van der Waals surface area contributed by atoms with E-state index in [0.717, 1.165) is 17.4 Å². The molecule has 3 unspecified atom stereocenters. The van der Waals surface area contributed by atoms with Crippen molar-refractivity contribution in [1.82, 2.24) is 5.32 Å². The second-order valence-electron chi connectivity index (χ2n) is 5.75. The molecule has 19 heavy (non-hydrogen) atoms. The number of halogens is 1. The molecule has 0 radical (unpaired) electrons. The zero-order chi connectivity index (χ0) is 14.3. The van der Waals surface area contributed by atoms with E-state index in [0.29, 0.717) is 12.1 Å². The van der Waals surface area contributed by atoms with Gasteiger partial charge in [-0.3, -0.25) is 0 Å². The maximum atomic E-state index is 5.91. The van der Waals surface area contributed by atoms with Crippen molar-refractivity contribution in [2.45, 2.75) is 65.5 Å². The zero-order valence-electron chi connectivity index (χ0n) is 12.7. The lowest BCUT2D eigenvalue weighted by molar-refractivity contribution is 0.355. The molecule has 0 heterocycles. The molecule has 0 aromatic heterocycles. The summed E-state index contributed by atoms with van der Waals surface area (Å²) in [7, 11) is 0. The molecule has 0 spiro atoms. The molecule has 108 valence electrons. The first-order chi connectivity index (χ1) is 9.05. The minimum absolute atomic E-state index is 0.509. The molecule has 1 aromatic carbocycles. The van der Waals surface area contributed by atoms with Crippen LogP contribution >= 0.6 is 11.6 Å². The average molecular weight is 282 g/mol. The molecule has 0 aliphatic heterocycles. The van der Waals surface area contributed by atoms with Crippen LogP contribution in [-0.4, -0.2) is 12.1 Å². The van der Waals surface area contributed by atoms with Gasteiger partial charge in [0.15, 0.2) is 0 Å². The van der Waals surface area contributed by atoms with Gasteiger partial charge < -0.3 is 5.32 Å². The van der Waals surface area contributed by atoms with E-state index < -0.39 is 0 Å². The fourth-order valence-corrected chi connectivity index (χ4v) is 2.57. The topological polar surface area (TPSA) is 12.0 Å². The lowest BCUT2D eigenvalue weighted by Gasteiger charge is -2.24. The Morgan fingerprint density at radius 2 is 1.68 bits per heavy atom. The maximum Gasteiger partial charge on any atom is 0.0406 e. The minimum Gasteiger partial charge on any atom is -0.311 e. The van der Waals surface area contributed by atoms with E-state index in [4.69, 9.17) is 11.6 Å². The van der Waals surface area contributed by atoms with E-state index in [2.05, 4.69) is 45.1 Å². The first-order valence-corrected chi connectivity index (χ1v) is 7.93. The predicted octanol–water partition coefficient (Wildman–Crippen LogP) is 5.08. The van der Waals surface area contributed by atoms with Crippen molar-refractivity contribution in [2.75, 3.05) is 0 Å². The Balaban J connectivity index is 2.44. The molecule has 0 saturated heterocycles. The summed E-state index contributed by atoms with van der Waals surface area (Å²) < 4.78 is 0. The number of nitrogens with one attached hydrogen (secondary N) is 1. The third kappa shape index (κ3) is 6.44. The summed E-state index contributed by atoms with van der Waals surface area (Å²) in [5, 5.41) is 4.57. The molecular formula is C17H28ClN. The Morgan fingerprint density at radius 3 is 2.21 bits per heavy atom. The van der Waals surface area contributed by atoms with Gasteiger partial charge >= 0.3 is 0 Å². The smallest absolute Gasteiger partial charge is 0.0406 e. The number of benzene rings is 1. The van der Waals surface area contributed by atoms with E-state index in [-0.39, 0.29) is 0 Å². The SMILES string of the molecule is CCC(C)CC(CC)NC(C)Cc1ccc(Cl)cc1. The molecule has 0 aliphatic carbocycles. The van der Waals surface area contributed by atoms with Crippen LogP contribution in [0.15, 0.2) is 24.3 Å². The largest absolute Gasteiger partial charge is 0.311 e. The Labute approximate surface area is 123 Å². The van der Waals surface area contributed by atoms with E-state index >= 15 is 0 Å². The highest BCUT2D eigenvalue weighted by Crippen LogP contribution is 2.14. The summed E-state index contributed by atoms with van der Waals surface area (Å²) in [6.45, 7) is 9.16. The monoisotopic (exact) mass is 281 g/mol. The molecule has 0 aliphatic rings. The first kappa shape index (κ1) is 16.5. The van der Waals surface area contributed by atoms with Crippen LogP contribution in [0.25, 0.3) is 0 Å². The van der Waals surface area contributed by atoms with Crippen LogP contribution < -0.4 is 5.32 Å². The Morgan fingerprint density at radius 1 is 1.05 bits per heavy atom. The molecule has 1 rings (SSSR count). The summed E-state index contributed by atoms with van der Waals surface area (Å²) in [5.74, 6) is 0.806. The molecule has 1 N–H and O–H groups in total. The van der Waals surface area contributed by atoms with Gasteiger partial charge in [-0.2, -0.15) is 0 Å². The van der Waals surface area contributed by atoms with E-state index in [1.165, 1.54) is 24.8 Å². The molecule has 0 fully saturated rings. The zero-order valence-corrected chi connectivity index (χ0v) is 13.5. The summed E-state index contributed by atoms with van der Waals surface area (Å²) >= 11 is 5.91. The Hall–Kier alpha value is -0.530. The third-order valence-corrected chi connectivity index (χ3v) is 4.10. The van der Waals surface area contributed by atoms with Gasteiger partial charge in [-0.15, -0.1) is 0 Å². The van der Waals surface area contributed by atoms with Crippen molar-refractivity contribution in [3.8, 4) is 0 Å². The second-order valence-corrected chi connectivity index (χ2v) is 6.19. The molecule has 3 atom stereocenters. The highest BCUT2D eigenvalue weighted by molar-refractivity contribution is 6.30.